The average molecular weight is 305 g/mol. The molecule has 23 heavy (non-hydrogen) atoms. The first kappa shape index (κ1) is 15.2. The van der Waals surface area contributed by atoms with E-state index in [2.05, 4.69) is 4.99 Å². The first-order valence-corrected chi connectivity index (χ1v) is 7.64. The van der Waals surface area contributed by atoms with Crippen molar-refractivity contribution >= 4 is 12.2 Å². The van der Waals surface area contributed by atoms with Crippen molar-refractivity contribution in [1.29, 1.82) is 0 Å². The molecule has 2 aromatic carbocycles. The number of benzene rings is 2. The van der Waals surface area contributed by atoms with Crippen molar-refractivity contribution < 1.29 is 9.90 Å². The highest BCUT2D eigenvalue weighted by Gasteiger charge is 2.46. The molecule has 1 aliphatic rings. The zero-order chi connectivity index (χ0) is 16.4. The van der Waals surface area contributed by atoms with Gasteiger partial charge in [-0.2, -0.15) is 0 Å². The Morgan fingerprint density at radius 1 is 1.04 bits per heavy atom. The lowest BCUT2D eigenvalue weighted by molar-refractivity contribution is -0.140. The van der Waals surface area contributed by atoms with Gasteiger partial charge in [-0.1, -0.05) is 48.5 Å². The monoisotopic (exact) mass is 305 g/mol. The van der Waals surface area contributed by atoms with Crippen LogP contribution in [0.5, 0.6) is 0 Å². The zero-order valence-corrected chi connectivity index (χ0v) is 13.2. The molecule has 116 valence electrons. The maximum absolute atomic E-state index is 12.2. The molecule has 0 fully saturated rings. The summed E-state index contributed by atoms with van der Waals surface area (Å²) in [6.07, 6.45) is 5.45. The van der Waals surface area contributed by atoms with Gasteiger partial charge < -0.3 is 5.11 Å². The van der Waals surface area contributed by atoms with Crippen molar-refractivity contribution in [3.8, 4) is 0 Å². The number of carboxylic acid groups (broad SMARTS) is 1. The van der Waals surface area contributed by atoms with E-state index in [9.17, 15) is 9.90 Å². The first-order chi connectivity index (χ1) is 11.1. The van der Waals surface area contributed by atoms with Gasteiger partial charge in [0.15, 0.2) is 0 Å². The van der Waals surface area contributed by atoms with Gasteiger partial charge in [-0.25, -0.2) is 0 Å². The second-order valence-electron chi connectivity index (χ2n) is 5.91. The van der Waals surface area contributed by atoms with Crippen molar-refractivity contribution in [2.45, 2.75) is 25.3 Å². The lowest BCUT2D eigenvalue weighted by atomic mass is 9.72. The summed E-state index contributed by atoms with van der Waals surface area (Å²) >= 11 is 0. The summed E-state index contributed by atoms with van der Waals surface area (Å²) in [6, 6.07) is 15.3. The van der Waals surface area contributed by atoms with Crippen LogP contribution >= 0.6 is 0 Å². The van der Waals surface area contributed by atoms with Crippen molar-refractivity contribution in [2.75, 3.05) is 0 Å². The Morgan fingerprint density at radius 3 is 2.22 bits per heavy atom. The predicted molar refractivity (Wildman–Crippen MR) is 92.0 cm³/mol. The van der Waals surface area contributed by atoms with Crippen LogP contribution in [0, 0.1) is 13.8 Å². The smallest absolute Gasteiger partial charge is 0.314 e. The van der Waals surface area contributed by atoms with Crippen molar-refractivity contribution in [3.05, 3.63) is 82.9 Å². The van der Waals surface area contributed by atoms with Gasteiger partial charge in [-0.15, -0.1) is 0 Å². The molecule has 0 radical (unpaired) electrons. The van der Waals surface area contributed by atoms with Crippen LogP contribution in [0.25, 0.3) is 0 Å². The number of carbonyl (C=O) groups is 1. The van der Waals surface area contributed by atoms with Gasteiger partial charge >= 0.3 is 5.97 Å². The van der Waals surface area contributed by atoms with Crippen LogP contribution in [-0.2, 0) is 10.3 Å². The van der Waals surface area contributed by atoms with Gasteiger partial charge in [0.1, 0.15) is 11.5 Å². The number of carboxylic acids is 1. The van der Waals surface area contributed by atoms with Crippen LogP contribution in [0.1, 0.15) is 28.2 Å². The lowest BCUT2D eigenvalue weighted by Crippen LogP contribution is -2.35. The number of allylic oxidation sites excluding steroid dienone is 1. The molecule has 0 saturated carbocycles. The Labute approximate surface area is 136 Å². The van der Waals surface area contributed by atoms with Crippen molar-refractivity contribution in [1.82, 2.24) is 0 Å². The lowest BCUT2D eigenvalue weighted by Gasteiger charge is -2.34. The minimum Gasteiger partial charge on any atom is -0.481 e. The van der Waals surface area contributed by atoms with Gasteiger partial charge in [0.2, 0.25) is 0 Å². The summed E-state index contributed by atoms with van der Waals surface area (Å²) in [5, 5.41) is 9.99. The number of aliphatic imine (C=N–C) groups is 1. The second-order valence-corrected chi connectivity index (χ2v) is 5.91. The van der Waals surface area contributed by atoms with E-state index in [1.165, 1.54) is 0 Å². The van der Waals surface area contributed by atoms with E-state index in [-0.39, 0.29) is 0 Å². The third kappa shape index (κ3) is 2.48. The van der Waals surface area contributed by atoms with Crippen LogP contribution in [0.15, 0.2) is 65.7 Å². The van der Waals surface area contributed by atoms with Crippen molar-refractivity contribution in [3.63, 3.8) is 0 Å². The van der Waals surface area contributed by atoms with E-state index in [1.54, 1.807) is 6.21 Å². The quantitative estimate of drug-likeness (QED) is 0.928. The topological polar surface area (TPSA) is 49.7 Å². The van der Waals surface area contributed by atoms with Crippen molar-refractivity contribution in [2.24, 2.45) is 4.99 Å². The number of nitrogens with zero attached hydrogens (tertiary/aromatic N) is 1. The molecule has 0 bridgehead atoms. The van der Waals surface area contributed by atoms with Gasteiger partial charge in [0.05, 0.1) is 0 Å². The molecule has 1 heterocycles. The fraction of sp³-hybridized carbons (Fsp3) is 0.200. The summed E-state index contributed by atoms with van der Waals surface area (Å²) in [4.78, 5) is 16.8. The molecule has 3 heteroatoms. The second kappa shape index (κ2) is 5.84. The fourth-order valence-corrected chi connectivity index (χ4v) is 3.54. The van der Waals surface area contributed by atoms with E-state index < -0.39 is 17.4 Å². The van der Waals surface area contributed by atoms with Gasteiger partial charge in [-0.05, 0) is 48.3 Å². The molecular formula is C20H19NO2. The standard InChI is InChI=1S/C20H19NO2/c1-14-8-6-9-15(2)17(14)20(12-7-13-21-20)18(19(22)23)16-10-4-3-5-11-16/h3-13,18H,1-2H3,(H,22,23). The normalized spacial score (nSPS) is 20.6. The SMILES string of the molecule is Cc1cccc(C)c1C1(C(C(=O)O)c2ccccc2)C=CC=N1. The maximum atomic E-state index is 12.2. The minimum atomic E-state index is -0.900. The molecule has 2 atom stereocenters. The molecule has 0 amide bonds. The third-order valence-corrected chi connectivity index (χ3v) is 4.43. The van der Waals surface area contributed by atoms with Crippen LogP contribution in [0.4, 0.5) is 0 Å². The van der Waals surface area contributed by atoms with Gasteiger partial charge in [-0.3, -0.25) is 9.79 Å². The molecule has 0 saturated heterocycles. The highest BCUT2D eigenvalue weighted by molar-refractivity contribution is 5.84. The summed E-state index contributed by atoms with van der Waals surface area (Å²) in [5.41, 5.74) is 2.93. The molecule has 0 spiro atoms. The summed E-state index contributed by atoms with van der Waals surface area (Å²) in [7, 11) is 0. The molecule has 0 aromatic heterocycles. The number of aryl methyl sites for hydroxylation is 2. The molecule has 0 aliphatic carbocycles. The molecule has 2 aromatic rings. The molecule has 1 N–H and O–H groups in total. The average Bonchev–Trinajstić information content (AvgIpc) is 2.98. The van der Waals surface area contributed by atoms with Crippen LogP contribution in [-0.4, -0.2) is 17.3 Å². The number of aliphatic carboxylic acids is 1. The predicted octanol–water partition coefficient (Wildman–Crippen LogP) is 4.01. The Bertz CT molecular complexity index is 758. The molecule has 3 nitrogen and oxygen atoms in total. The van der Waals surface area contributed by atoms with E-state index in [1.807, 2.05) is 74.5 Å². The number of hydrogen-bond donors (Lipinski definition) is 1. The van der Waals surface area contributed by atoms with Crippen LogP contribution < -0.4 is 0 Å². The van der Waals surface area contributed by atoms with Gasteiger partial charge in [0.25, 0.3) is 0 Å². The molecule has 3 rings (SSSR count). The highest BCUT2D eigenvalue weighted by Crippen LogP contribution is 2.46. The maximum Gasteiger partial charge on any atom is 0.314 e. The Hall–Kier alpha value is -2.68. The van der Waals surface area contributed by atoms with E-state index in [4.69, 9.17) is 0 Å². The van der Waals surface area contributed by atoms with E-state index in [0.717, 1.165) is 22.3 Å². The van der Waals surface area contributed by atoms with E-state index in [0.29, 0.717) is 0 Å². The number of rotatable bonds is 4. The van der Waals surface area contributed by atoms with Crippen LogP contribution in [0.3, 0.4) is 0 Å². The fourth-order valence-electron chi connectivity index (χ4n) is 3.54. The first-order valence-electron chi connectivity index (χ1n) is 7.64. The Kier molecular flexibility index (Phi) is 3.87. The Balaban J connectivity index is 2.28. The molecule has 1 aliphatic heterocycles. The highest BCUT2D eigenvalue weighted by atomic mass is 16.4. The zero-order valence-electron chi connectivity index (χ0n) is 13.2. The van der Waals surface area contributed by atoms with Crippen LogP contribution in [0.2, 0.25) is 0 Å². The minimum absolute atomic E-state index is 0.756. The van der Waals surface area contributed by atoms with Gasteiger partial charge in [0, 0.05) is 6.21 Å². The van der Waals surface area contributed by atoms with E-state index >= 15 is 0 Å². The summed E-state index contributed by atoms with van der Waals surface area (Å²) in [6.45, 7) is 4.02. The summed E-state index contributed by atoms with van der Waals surface area (Å²) in [5.74, 6) is -1.64. The third-order valence-electron chi connectivity index (χ3n) is 4.43. The number of hydrogen-bond acceptors (Lipinski definition) is 2. The molecular weight excluding hydrogens is 286 g/mol. The largest absolute Gasteiger partial charge is 0.481 e. The summed E-state index contributed by atoms with van der Waals surface area (Å²) < 4.78 is 0. The molecule has 2 unspecified atom stereocenters. The Morgan fingerprint density at radius 2 is 1.70 bits per heavy atom.